The zero-order valence-corrected chi connectivity index (χ0v) is 14.3. The normalized spacial score (nSPS) is 30.9. The van der Waals surface area contributed by atoms with Gasteiger partial charge in [-0.25, -0.2) is 0 Å². The van der Waals surface area contributed by atoms with Gasteiger partial charge in [0.2, 0.25) is 5.91 Å². The summed E-state index contributed by atoms with van der Waals surface area (Å²) in [6.45, 7) is -0.448. The average molecular weight is 380 g/mol. The number of rotatable bonds is 8. The van der Waals surface area contributed by atoms with Gasteiger partial charge in [0, 0.05) is 20.5 Å². The van der Waals surface area contributed by atoms with Crippen molar-refractivity contribution in [1.29, 1.82) is 0 Å². The summed E-state index contributed by atoms with van der Waals surface area (Å²) in [5.41, 5.74) is 0. The topological polar surface area (TPSA) is 195 Å². The van der Waals surface area contributed by atoms with Crippen LogP contribution in [0.25, 0.3) is 0 Å². The molecule has 12 heteroatoms. The highest BCUT2D eigenvalue weighted by Gasteiger charge is 2.54. The number of methoxy groups -OCH3 is 1. The van der Waals surface area contributed by atoms with Crippen LogP contribution < -0.4 is 10.6 Å². The SMILES string of the molecule is CO[C@@]1(C(=O)NCC(=O)O)C[C@@H](O)[C@@H](NC(C)=O)[C@H]([C@H](O)[C@H](O)CO)O1. The van der Waals surface area contributed by atoms with Gasteiger partial charge in [0.25, 0.3) is 11.7 Å². The van der Waals surface area contributed by atoms with E-state index in [4.69, 9.17) is 19.7 Å². The van der Waals surface area contributed by atoms with E-state index in [2.05, 4.69) is 5.32 Å². The fraction of sp³-hybridized carbons (Fsp3) is 0.786. The minimum Gasteiger partial charge on any atom is -0.480 e. The van der Waals surface area contributed by atoms with Crippen LogP contribution in [0.15, 0.2) is 0 Å². The number of aliphatic carboxylic acids is 1. The molecule has 0 radical (unpaired) electrons. The van der Waals surface area contributed by atoms with E-state index in [1.54, 1.807) is 0 Å². The number of nitrogens with one attached hydrogen (secondary N) is 2. The summed E-state index contributed by atoms with van der Waals surface area (Å²) < 4.78 is 10.5. The van der Waals surface area contributed by atoms with Gasteiger partial charge in [-0.1, -0.05) is 0 Å². The van der Waals surface area contributed by atoms with Crippen LogP contribution in [0.5, 0.6) is 0 Å². The molecule has 0 spiro atoms. The molecule has 26 heavy (non-hydrogen) atoms. The summed E-state index contributed by atoms with van der Waals surface area (Å²) in [5.74, 6) is -5.11. The summed E-state index contributed by atoms with van der Waals surface area (Å²) in [6, 6.07) is -1.22. The van der Waals surface area contributed by atoms with E-state index in [1.807, 2.05) is 5.32 Å². The maximum Gasteiger partial charge on any atom is 0.322 e. The molecule has 1 rings (SSSR count). The van der Waals surface area contributed by atoms with Crippen molar-refractivity contribution in [1.82, 2.24) is 10.6 Å². The number of carbonyl (C=O) groups is 3. The highest BCUT2D eigenvalue weighted by atomic mass is 16.7. The molecule has 0 aromatic carbocycles. The van der Waals surface area contributed by atoms with E-state index >= 15 is 0 Å². The molecule has 1 fully saturated rings. The van der Waals surface area contributed by atoms with Crippen molar-refractivity contribution in [3.8, 4) is 0 Å². The van der Waals surface area contributed by atoms with Crippen molar-refractivity contribution in [3.05, 3.63) is 0 Å². The molecule has 1 aliphatic rings. The van der Waals surface area contributed by atoms with Crippen LogP contribution in [0.1, 0.15) is 13.3 Å². The molecule has 12 nitrogen and oxygen atoms in total. The molecule has 1 heterocycles. The molecule has 0 aromatic heterocycles. The molecule has 0 unspecified atom stereocenters. The number of aliphatic hydroxyl groups excluding tert-OH is 4. The third-order valence-corrected chi connectivity index (χ3v) is 3.94. The summed E-state index contributed by atoms with van der Waals surface area (Å²) in [4.78, 5) is 34.3. The Labute approximate surface area is 148 Å². The van der Waals surface area contributed by atoms with E-state index in [1.165, 1.54) is 0 Å². The zero-order chi connectivity index (χ0) is 20.1. The van der Waals surface area contributed by atoms with Crippen LogP contribution in [0.3, 0.4) is 0 Å². The lowest BCUT2D eigenvalue weighted by Gasteiger charge is -2.47. The quantitative estimate of drug-likeness (QED) is 0.217. The Morgan fingerprint density at radius 1 is 1.35 bits per heavy atom. The van der Waals surface area contributed by atoms with Gasteiger partial charge in [-0.3, -0.25) is 14.4 Å². The Kier molecular flexibility index (Phi) is 7.87. The minimum atomic E-state index is -2.18. The van der Waals surface area contributed by atoms with Gasteiger partial charge in [0.15, 0.2) is 0 Å². The van der Waals surface area contributed by atoms with Crippen LogP contribution in [0, 0.1) is 0 Å². The van der Waals surface area contributed by atoms with Gasteiger partial charge in [-0.15, -0.1) is 0 Å². The van der Waals surface area contributed by atoms with Crippen molar-refractivity contribution >= 4 is 17.8 Å². The molecule has 150 valence electrons. The first-order chi connectivity index (χ1) is 12.1. The first-order valence-corrected chi connectivity index (χ1v) is 7.73. The molecule has 0 saturated carbocycles. The number of carboxylic acids is 1. The number of hydrogen-bond acceptors (Lipinski definition) is 9. The van der Waals surface area contributed by atoms with E-state index in [-0.39, 0.29) is 0 Å². The Morgan fingerprint density at radius 3 is 2.42 bits per heavy atom. The lowest BCUT2D eigenvalue weighted by molar-refractivity contribution is -0.296. The number of aliphatic hydroxyl groups is 4. The molecule has 6 atom stereocenters. The number of hydrogen-bond donors (Lipinski definition) is 7. The lowest BCUT2D eigenvalue weighted by atomic mass is 9.88. The van der Waals surface area contributed by atoms with Gasteiger partial charge in [-0.05, 0) is 0 Å². The van der Waals surface area contributed by atoms with Crippen molar-refractivity contribution in [2.24, 2.45) is 0 Å². The van der Waals surface area contributed by atoms with E-state index in [0.717, 1.165) is 14.0 Å². The second-order valence-electron chi connectivity index (χ2n) is 5.85. The molecule has 0 aliphatic carbocycles. The van der Waals surface area contributed by atoms with Crippen molar-refractivity contribution in [2.75, 3.05) is 20.3 Å². The standard InChI is InChI=1S/C14H24N2O10/c1-6(18)16-10-7(19)3-14(25-2,13(24)15-4-9(21)22)26-12(10)11(23)8(20)5-17/h7-8,10-12,17,19-20,23H,3-5H2,1-2H3,(H,15,24)(H,16,18)(H,21,22)/t7-,8-,10-,11-,12-,14+/m1/s1. The van der Waals surface area contributed by atoms with Crippen molar-refractivity contribution < 1.29 is 49.4 Å². The van der Waals surface area contributed by atoms with Gasteiger partial charge in [-0.2, -0.15) is 0 Å². The van der Waals surface area contributed by atoms with Crippen LogP contribution in [0.2, 0.25) is 0 Å². The van der Waals surface area contributed by atoms with Gasteiger partial charge >= 0.3 is 5.97 Å². The highest BCUT2D eigenvalue weighted by molar-refractivity contribution is 5.87. The summed E-state index contributed by atoms with van der Waals surface area (Å²) in [6.07, 6.45) is -6.97. The predicted molar refractivity (Wildman–Crippen MR) is 82.6 cm³/mol. The average Bonchev–Trinajstić information content (AvgIpc) is 2.59. The number of amides is 2. The maximum absolute atomic E-state index is 12.3. The largest absolute Gasteiger partial charge is 0.480 e. The second kappa shape index (κ2) is 9.21. The zero-order valence-electron chi connectivity index (χ0n) is 14.3. The van der Waals surface area contributed by atoms with Crippen LogP contribution >= 0.6 is 0 Å². The van der Waals surface area contributed by atoms with Gasteiger partial charge < -0.3 is 45.6 Å². The van der Waals surface area contributed by atoms with E-state index in [0.29, 0.717) is 0 Å². The second-order valence-corrected chi connectivity index (χ2v) is 5.85. The molecular weight excluding hydrogens is 356 g/mol. The maximum atomic E-state index is 12.3. The monoisotopic (exact) mass is 380 g/mol. The van der Waals surface area contributed by atoms with Crippen molar-refractivity contribution in [3.63, 3.8) is 0 Å². The summed E-state index contributed by atoms with van der Waals surface area (Å²) in [5, 5.41) is 52.3. The fourth-order valence-corrected chi connectivity index (χ4v) is 2.65. The van der Waals surface area contributed by atoms with Crippen LogP contribution in [0.4, 0.5) is 0 Å². The Balaban J connectivity index is 3.15. The third kappa shape index (κ3) is 5.09. The van der Waals surface area contributed by atoms with Gasteiger partial charge in [0.05, 0.1) is 18.8 Å². The summed E-state index contributed by atoms with van der Waals surface area (Å²) in [7, 11) is 1.07. The first kappa shape index (κ1) is 22.2. The number of carboxylic acid groups (broad SMARTS) is 1. The van der Waals surface area contributed by atoms with E-state index in [9.17, 15) is 29.7 Å². The Bertz CT molecular complexity index is 530. The Hall–Kier alpha value is -1.83. The number of carbonyl (C=O) groups excluding carboxylic acids is 2. The Morgan fingerprint density at radius 2 is 1.96 bits per heavy atom. The molecule has 7 N–H and O–H groups in total. The van der Waals surface area contributed by atoms with Crippen LogP contribution in [-0.4, -0.2) is 99.8 Å². The molecule has 0 aromatic rings. The molecule has 0 bridgehead atoms. The summed E-state index contributed by atoms with van der Waals surface area (Å²) >= 11 is 0. The number of ether oxygens (including phenoxy) is 2. The highest BCUT2D eigenvalue weighted by Crippen LogP contribution is 2.33. The van der Waals surface area contributed by atoms with Gasteiger partial charge in [0.1, 0.15) is 24.9 Å². The fourth-order valence-electron chi connectivity index (χ4n) is 2.65. The van der Waals surface area contributed by atoms with Crippen LogP contribution in [-0.2, 0) is 23.9 Å². The molecular formula is C14H24N2O10. The predicted octanol–water partition coefficient (Wildman–Crippen LogP) is -4.10. The minimum absolute atomic E-state index is 0.488. The first-order valence-electron chi connectivity index (χ1n) is 7.73. The third-order valence-electron chi connectivity index (χ3n) is 3.94. The molecule has 2 amide bonds. The lowest BCUT2D eigenvalue weighted by Crippen LogP contribution is -2.69. The molecule has 1 saturated heterocycles. The smallest absolute Gasteiger partial charge is 0.322 e. The van der Waals surface area contributed by atoms with E-state index < -0.39 is 73.6 Å². The molecule has 1 aliphatic heterocycles. The van der Waals surface area contributed by atoms with Crippen molar-refractivity contribution in [2.45, 2.75) is 49.6 Å².